The molecule has 1 aromatic heterocycles. The molecule has 0 saturated carbocycles. The van der Waals surface area contributed by atoms with E-state index in [0.29, 0.717) is 0 Å². The van der Waals surface area contributed by atoms with E-state index in [2.05, 4.69) is 5.10 Å². The van der Waals surface area contributed by atoms with Gasteiger partial charge in [0.15, 0.2) is 4.90 Å². The van der Waals surface area contributed by atoms with Gasteiger partial charge in [-0.05, 0) is 58.9 Å². The van der Waals surface area contributed by atoms with Crippen LogP contribution in [0.3, 0.4) is 0 Å². The van der Waals surface area contributed by atoms with E-state index in [-0.39, 0.29) is 32.0 Å². The van der Waals surface area contributed by atoms with Gasteiger partial charge < -0.3 is 4.74 Å². The molecule has 11 heteroatoms. The van der Waals surface area contributed by atoms with Gasteiger partial charge in [0.05, 0.1) is 26.6 Å². The number of sulfone groups is 1. The van der Waals surface area contributed by atoms with Crippen LogP contribution in [0, 0.1) is 24.0 Å². The minimum absolute atomic E-state index is 0.0177. The summed E-state index contributed by atoms with van der Waals surface area (Å²) >= 11 is 5.82. The zero-order valence-electron chi connectivity index (χ0n) is 18.6. The Labute approximate surface area is 196 Å². The first-order valence-corrected chi connectivity index (χ1v) is 11.7. The third-order valence-corrected chi connectivity index (χ3v) is 6.99. The molecule has 33 heavy (non-hydrogen) atoms. The van der Waals surface area contributed by atoms with Gasteiger partial charge in [0.25, 0.3) is 5.69 Å². The van der Waals surface area contributed by atoms with Gasteiger partial charge in [0.1, 0.15) is 5.02 Å². The molecule has 2 aromatic carbocycles. The molecule has 0 atom stereocenters. The van der Waals surface area contributed by atoms with Crippen molar-refractivity contribution >= 4 is 33.1 Å². The SMILES string of the molecule is Cc1ccc(S(=O)(=O)c2c(C)nn(C(C)(C)C)c2OC(=O)c2ccc(Cl)c([N+](=O)[O-])c2)cc1. The number of carbonyl (C=O) groups excluding carboxylic acids is 1. The molecule has 0 amide bonds. The van der Waals surface area contributed by atoms with Gasteiger partial charge in [0, 0.05) is 6.07 Å². The van der Waals surface area contributed by atoms with E-state index in [9.17, 15) is 23.3 Å². The van der Waals surface area contributed by atoms with E-state index in [4.69, 9.17) is 16.3 Å². The lowest BCUT2D eigenvalue weighted by molar-refractivity contribution is -0.384. The van der Waals surface area contributed by atoms with Crippen molar-refractivity contribution in [1.82, 2.24) is 9.78 Å². The van der Waals surface area contributed by atoms with Crippen molar-refractivity contribution < 1.29 is 22.9 Å². The highest BCUT2D eigenvalue weighted by Crippen LogP contribution is 2.36. The number of aryl methyl sites for hydroxylation is 2. The molecule has 0 saturated heterocycles. The molecule has 0 aliphatic heterocycles. The van der Waals surface area contributed by atoms with Crippen LogP contribution in [-0.4, -0.2) is 29.1 Å². The van der Waals surface area contributed by atoms with Crippen LogP contribution < -0.4 is 4.74 Å². The minimum atomic E-state index is -4.10. The molecule has 3 rings (SSSR count). The van der Waals surface area contributed by atoms with Crippen LogP contribution in [-0.2, 0) is 15.4 Å². The third kappa shape index (κ3) is 4.76. The molecule has 0 N–H and O–H groups in total. The lowest BCUT2D eigenvalue weighted by atomic mass is 10.1. The van der Waals surface area contributed by atoms with Crippen molar-refractivity contribution in [2.75, 3.05) is 0 Å². The second kappa shape index (κ2) is 8.60. The van der Waals surface area contributed by atoms with Crippen LogP contribution in [0.1, 0.15) is 42.4 Å². The summed E-state index contributed by atoms with van der Waals surface area (Å²) in [6, 6.07) is 9.69. The highest BCUT2D eigenvalue weighted by atomic mass is 35.5. The second-order valence-corrected chi connectivity index (χ2v) is 10.7. The summed E-state index contributed by atoms with van der Waals surface area (Å²) in [6.07, 6.45) is 0. The zero-order chi connectivity index (χ0) is 24.7. The molecule has 0 bridgehead atoms. The molecule has 1 heterocycles. The van der Waals surface area contributed by atoms with Crippen LogP contribution >= 0.6 is 11.6 Å². The number of nitrogens with zero attached hydrogens (tertiary/aromatic N) is 3. The number of ether oxygens (including phenoxy) is 1. The number of aromatic nitrogens is 2. The number of hydrogen-bond acceptors (Lipinski definition) is 7. The molecule has 0 spiro atoms. The molecule has 0 unspecified atom stereocenters. The Morgan fingerprint density at radius 2 is 1.73 bits per heavy atom. The fourth-order valence-electron chi connectivity index (χ4n) is 3.11. The van der Waals surface area contributed by atoms with Crippen LogP contribution in [0.4, 0.5) is 5.69 Å². The monoisotopic (exact) mass is 491 g/mol. The number of hydrogen-bond donors (Lipinski definition) is 0. The predicted octanol–water partition coefficient (Wildman–Crippen LogP) is 4.87. The largest absolute Gasteiger partial charge is 0.403 e. The predicted molar refractivity (Wildman–Crippen MR) is 122 cm³/mol. The van der Waals surface area contributed by atoms with E-state index < -0.39 is 32.0 Å². The third-order valence-electron chi connectivity index (χ3n) is 4.77. The Morgan fingerprint density at radius 1 is 1.12 bits per heavy atom. The average Bonchev–Trinajstić information content (AvgIpc) is 3.05. The number of benzene rings is 2. The molecule has 174 valence electrons. The van der Waals surface area contributed by atoms with Gasteiger partial charge in [-0.15, -0.1) is 0 Å². The van der Waals surface area contributed by atoms with Crippen molar-refractivity contribution in [1.29, 1.82) is 0 Å². The highest BCUT2D eigenvalue weighted by Gasteiger charge is 2.35. The summed E-state index contributed by atoms with van der Waals surface area (Å²) in [4.78, 5) is 23.2. The summed E-state index contributed by atoms with van der Waals surface area (Å²) in [6.45, 7) is 8.65. The van der Waals surface area contributed by atoms with Crippen LogP contribution in [0.2, 0.25) is 5.02 Å². The number of nitro groups is 1. The van der Waals surface area contributed by atoms with Gasteiger partial charge in [-0.25, -0.2) is 17.9 Å². The van der Waals surface area contributed by atoms with E-state index in [1.807, 2.05) is 6.92 Å². The Balaban J connectivity index is 2.17. The van der Waals surface area contributed by atoms with E-state index in [1.165, 1.54) is 35.9 Å². The number of carbonyl (C=O) groups is 1. The van der Waals surface area contributed by atoms with Gasteiger partial charge in [-0.1, -0.05) is 29.3 Å². The summed E-state index contributed by atoms with van der Waals surface area (Å²) < 4.78 is 33.8. The first-order valence-electron chi connectivity index (χ1n) is 9.81. The Kier molecular flexibility index (Phi) is 6.36. The molecule has 3 aromatic rings. The fourth-order valence-corrected chi connectivity index (χ4v) is 4.81. The Bertz CT molecular complexity index is 1360. The smallest absolute Gasteiger partial charge is 0.345 e. The average molecular weight is 492 g/mol. The molecule has 9 nitrogen and oxygen atoms in total. The summed E-state index contributed by atoms with van der Waals surface area (Å²) in [5, 5.41) is 15.4. The number of halogens is 1. The first kappa shape index (κ1) is 24.4. The molecular weight excluding hydrogens is 470 g/mol. The zero-order valence-corrected chi connectivity index (χ0v) is 20.2. The molecule has 0 aliphatic carbocycles. The Morgan fingerprint density at radius 3 is 2.27 bits per heavy atom. The molecule has 0 aliphatic rings. The summed E-state index contributed by atoms with van der Waals surface area (Å²) in [7, 11) is -4.10. The highest BCUT2D eigenvalue weighted by molar-refractivity contribution is 7.91. The van der Waals surface area contributed by atoms with Crippen molar-refractivity contribution in [3.8, 4) is 5.88 Å². The van der Waals surface area contributed by atoms with Crippen molar-refractivity contribution in [3.63, 3.8) is 0 Å². The second-order valence-electron chi connectivity index (χ2n) is 8.43. The van der Waals surface area contributed by atoms with Gasteiger partial charge >= 0.3 is 5.97 Å². The fraction of sp³-hybridized carbons (Fsp3) is 0.273. The maximum atomic E-state index is 13.5. The molecular formula is C22H22ClN3O6S. The van der Waals surface area contributed by atoms with Gasteiger partial charge in [-0.3, -0.25) is 10.1 Å². The van der Waals surface area contributed by atoms with Crippen LogP contribution in [0.5, 0.6) is 5.88 Å². The number of nitro benzene ring substituents is 1. The van der Waals surface area contributed by atoms with Crippen molar-refractivity contribution in [2.45, 2.75) is 49.9 Å². The van der Waals surface area contributed by atoms with E-state index >= 15 is 0 Å². The first-order chi connectivity index (χ1) is 15.2. The lowest BCUT2D eigenvalue weighted by Crippen LogP contribution is -2.26. The normalized spacial score (nSPS) is 11.9. The van der Waals surface area contributed by atoms with Crippen LogP contribution in [0.15, 0.2) is 52.3 Å². The summed E-state index contributed by atoms with van der Waals surface area (Å²) in [5.41, 5.74) is -0.349. The minimum Gasteiger partial charge on any atom is -0.403 e. The maximum Gasteiger partial charge on any atom is 0.345 e. The van der Waals surface area contributed by atoms with E-state index in [1.54, 1.807) is 32.9 Å². The standard InChI is InChI=1S/C22H22ClN3O6S/c1-13-6-9-16(10-7-13)33(30,31)19-14(2)24-25(22(3,4)5)20(19)32-21(27)15-8-11-17(23)18(12-15)26(28)29/h6-12H,1-5H3. The lowest BCUT2D eigenvalue weighted by Gasteiger charge is -2.22. The van der Waals surface area contributed by atoms with E-state index in [0.717, 1.165) is 11.6 Å². The molecule has 0 fully saturated rings. The molecule has 0 radical (unpaired) electrons. The summed E-state index contributed by atoms with van der Waals surface area (Å²) in [5.74, 6) is -1.26. The van der Waals surface area contributed by atoms with Crippen LogP contribution in [0.25, 0.3) is 0 Å². The maximum absolute atomic E-state index is 13.5. The quantitative estimate of drug-likeness (QED) is 0.283. The van der Waals surface area contributed by atoms with Gasteiger partial charge in [-0.2, -0.15) is 5.10 Å². The Hall–Kier alpha value is -3.24. The number of esters is 1. The number of rotatable bonds is 5. The van der Waals surface area contributed by atoms with Crippen molar-refractivity contribution in [3.05, 3.63) is 74.4 Å². The topological polar surface area (TPSA) is 121 Å². The van der Waals surface area contributed by atoms with Gasteiger partial charge in [0.2, 0.25) is 15.7 Å². The van der Waals surface area contributed by atoms with Crippen molar-refractivity contribution in [2.24, 2.45) is 0 Å².